The van der Waals surface area contributed by atoms with Crippen LogP contribution in [0.4, 0.5) is 0 Å². The van der Waals surface area contributed by atoms with Crippen molar-refractivity contribution in [2.24, 2.45) is 0 Å². The van der Waals surface area contributed by atoms with Crippen molar-refractivity contribution in [3.63, 3.8) is 0 Å². The lowest BCUT2D eigenvalue weighted by molar-refractivity contribution is -0.298. The van der Waals surface area contributed by atoms with Gasteiger partial charge in [0.2, 0.25) is 5.91 Å². The molecule has 0 aliphatic carbocycles. The van der Waals surface area contributed by atoms with Crippen molar-refractivity contribution in [2.45, 2.75) is 110 Å². The fourth-order valence-electron chi connectivity index (χ4n) is 11.4. The minimum atomic E-state index is -1.59. The van der Waals surface area contributed by atoms with E-state index >= 15 is 0 Å². The molecule has 6 heterocycles. The number of allylic oxidation sites excluding steroid dienone is 1. The van der Waals surface area contributed by atoms with Gasteiger partial charge in [0.25, 0.3) is 0 Å². The number of benzene rings is 4. The first-order valence-electron chi connectivity index (χ1n) is 29.2. The Morgan fingerprint density at radius 2 is 1.20 bits per heavy atom. The van der Waals surface area contributed by atoms with Crippen LogP contribution in [-0.4, -0.2) is 112 Å². The maximum atomic E-state index is 14.3. The standard InChI is InChI=1S/C70H71N5O11/c1-9-50-43(5)56-39-59-51(10-2)42(4)55(72-59)38-57-44(6)52(62(74-57)45(7)54-36-41(3)53(71-54)37-58(50)73-56)32-33-61(76)75(8)34-23-35-81-70-65(86-69(80)49-30-21-14-22-31-49)64(85-68(79)48-28-19-13-20-29-48)63(84-67(78)47-26-17-12-18-27-47)60(83-70)40-82-66(77)46-24-15-11-16-25-46/h10-22,24-31,36-39,44,52,60,63-65,70,72-73H,2,9,23,32-35,40H2,1,3-8H3/t44-,52-,60+,63+,64-,65+,70+/m0/s1. The number of aromatic amines is 2. The Kier molecular flexibility index (Phi) is 18.6. The average Bonchev–Trinajstić information content (AvgIpc) is 1.77. The van der Waals surface area contributed by atoms with Crippen molar-refractivity contribution in [1.29, 1.82) is 0 Å². The Labute approximate surface area is 500 Å². The molecule has 7 atom stereocenters. The molecule has 0 radical (unpaired) electrons. The van der Waals surface area contributed by atoms with E-state index in [-0.39, 0.29) is 66.0 Å². The number of nitrogens with one attached hydrogen (secondary N) is 2. The highest BCUT2D eigenvalue weighted by atomic mass is 16.7. The molecule has 0 saturated carbocycles. The normalized spacial score (nSPS) is 19.0. The highest BCUT2D eigenvalue weighted by Crippen LogP contribution is 2.42. The molecule has 86 heavy (non-hydrogen) atoms. The van der Waals surface area contributed by atoms with Gasteiger partial charge in [0.05, 0.1) is 40.2 Å². The van der Waals surface area contributed by atoms with Crippen molar-refractivity contribution in [3.8, 4) is 0 Å². The van der Waals surface area contributed by atoms with Gasteiger partial charge in [-0.05, 0) is 148 Å². The summed E-state index contributed by atoms with van der Waals surface area (Å²) in [6.07, 6.45) is -1.63. The Balaban J connectivity index is 0.903. The zero-order chi connectivity index (χ0) is 60.6. The van der Waals surface area contributed by atoms with E-state index in [0.29, 0.717) is 6.42 Å². The van der Waals surface area contributed by atoms with E-state index in [1.165, 1.54) is 11.1 Å². The summed E-state index contributed by atoms with van der Waals surface area (Å²) in [6, 6.07) is 39.2. The van der Waals surface area contributed by atoms with Crippen LogP contribution in [0.2, 0.25) is 0 Å². The van der Waals surface area contributed by atoms with Crippen LogP contribution in [0.25, 0.3) is 39.8 Å². The van der Waals surface area contributed by atoms with Gasteiger partial charge in [0, 0.05) is 70.9 Å². The quantitative estimate of drug-likeness (QED) is 0.0440. The van der Waals surface area contributed by atoms with E-state index in [4.69, 9.17) is 38.4 Å². The number of nitrogens with zero attached hydrogens (tertiary/aromatic N) is 3. The smallest absolute Gasteiger partial charge is 0.338 e. The lowest BCUT2D eigenvalue weighted by Gasteiger charge is -2.44. The van der Waals surface area contributed by atoms with Gasteiger partial charge >= 0.3 is 23.9 Å². The molecule has 16 heteroatoms. The molecule has 3 aliphatic heterocycles. The largest absolute Gasteiger partial charge is 0.459 e. The third kappa shape index (κ3) is 13.2. The highest BCUT2D eigenvalue weighted by molar-refractivity contribution is 5.92. The van der Waals surface area contributed by atoms with Crippen molar-refractivity contribution >= 4 is 69.6 Å². The molecule has 1 fully saturated rings. The predicted octanol–water partition coefficient (Wildman–Crippen LogP) is 12.8. The molecule has 3 aliphatic rings. The van der Waals surface area contributed by atoms with Crippen LogP contribution in [0.15, 0.2) is 146 Å². The van der Waals surface area contributed by atoms with Crippen molar-refractivity contribution in [2.75, 3.05) is 26.8 Å². The summed E-state index contributed by atoms with van der Waals surface area (Å²) in [5, 5.41) is 0. The first-order valence-corrected chi connectivity index (χ1v) is 29.2. The lowest BCUT2D eigenvalue weighted by Crippen LogP contribution is -2.63. The Bertz CT molecular complexity index is 3860. The van der Waals surface area contributed by atoms with Gasteiger partial charge in [-0.3, -0.25) is 9.78 Å². The zero-order valence-electron chi connectivity index (χ0n) is 49.5. The number of hydrogen-bond acceptors (Lipinski definition) is 13. The number of aromatic nitrogens is 4. The van der Waals surface area contributed by atoms with Gasteiger partial charge in [-0.15, -0.1) is 0 Å². The van der Waals surface area contributed by atoms with Gasteiger partial charge in [-0.1, -0.05) is 99.3 Å². The van der Waals surface area contributed by atoms with E-state index in [9.17, 15) is 24.0 Å². The molecular formula is C70H71N5O11. The number of ether oxygens (including phenoxy) is 6. The van der Waals surface area contributed by atoms with Crippen LogP contribution in [0.3, 0.4) is 0 Å². The maximum Gasteiger partial charge on any atom is 0.338 e. The van der Waals surface area contributed by atoms with E-state index in [2.05, 4.69) is 82.4 Å². The molecule has 10 rings (SSSR count). The fourth-order valence-corrected chi connectivity index (χ4v) is 11.4. The second-order valence-electron chi connectivity index (χ2n) is 22.0. The van der Waals surface area contributed by atoms with Gasteiger partial charge in [0.1, 0.15) is 12.7 Å². The van der Waals surface area contributed by atoms with Crippen molar-refractivity contribution in [3.05, 3.63) is 219 Å². The average molecular weight is 1160 g/mol. The molecule has 7 aromatic rings. The summed E-state index contributed by atoms with van der Waals surface area (Å²) in [4.78, 5) is 89.5. The number of hydrogen-bond donors (Lipinski definition) is 2. The molecule has 0 unspecified atom stereocenters. The molecule has 0 spiro atoms. The van der Waals surface area contributed by atoms with E-state index in [1.807, 2.05) is 6.08 Å². The third-order valence-electron chi connectivity index (χ3n) is 16.4. The summed E-state index contributed by atoms with van der Waals surface area (Å²) in [5.41, 5.74) is 14.7. The number of H-pyrrole nitrogens is 2. The van der Waals surface area contributed by atoms with Crippen molar-refractivity contribution in [1.82, 2.24) is 24.8 Å². The molecule has 1 amide bonds. The summed E-state index contributed by atoms with van der Waals surface area (Å²) >= 11 is 0. The molecule has 2 N–H and O–H groups in total. The Morgan fingerprint density at radius 1 is 0.651 bits per heavy atom. The maximum absolute atomic E-state index is 14.3. The molecule has 442 valence electrons. The number of esters is 4. The number of rotatable bonds is 19. The second kappa shape index (κ2) is 26.8. The van der Waals surface area contributed by atoms with Crippen LogP contribution < -0.4 is 0 Å². The molecule has 1 saturated heterocycles. The van der Waals surface area contributed by atoms with E-state index in [0.717, 1.165) is 73.5 Å². The number of carbonyl (C=O) groups excluding carboxylic acids is 5. The van der Waals surface area contributed by atoms with Gasteiger partial charge in [-0.25, -0.2) is 24.2 Å². The molecule has 8 bridgehead atoms. The molecule has 3 aromatic heterocycles. The summed E-state index contributed by atoms with van der Waals surface area (Å²) in [6.45, 7) is 16.6. The van der Waals surface area contributed by atoms with Crippen LogP contribution in [-0.2, 0) is 39.6 Å². The first kappa shape index (κ1) is 59.9. The number of amides is 1. The fraction of sp³-hybridized carbons (Fsp3) is 0.300. The highest BCUT2D eigenvalue weighted by Gasteiger charge is 2.54. The number of carbonyl (C=O) groups is 5. The van der Waals surface area contributed by atoms with Crippen LogP contribution >= 0.6 is 0 Å². The monoisotopic (exact) mass is 1160 g/mol. The number of fused-ring (bicyclic) bond motifs is 8. The Hall–Kier alpha value is -9.25. The third-order valence-corrected chi connectivity index (χ3v) is 16.4. The lowest BCUT2D eigenvalue weighted by atomic mass is 9.85. The van der Waals surface area contributed by atoms with Gasteiger partial charge in [0.15, 0.2) is 24.6 Å². The molecule has 4 aromatic carbocycles. The SMILES string of the molecule is C=Cc1c(C)c2cc3nc(c(C)c4nc(cc5[nH]c(cc1[nH]2)c(C)c5CC)C(C)=C4)[C@@H](CCC(=O)N(C)CCCO[C@@H]1O[C@H](COC(=O)c2ccccc2)[C@@H](OC(=O)c2ccccc2)[C@H](OC(=O)c2ccccc2)[C@H]1OC(=O)c1ccccc1)[C@@H]3C. The Morgan fingerprint density at radius 3 is 1.78 bits per heavy atom. The van der Waals surface area contributed by atoms with Crippen LogP contribution in [0, 0.1) is 20.8 Å². The topological polar surface area (TPSA) is 201 Å². The van der Waals surface area contributed by atoms with Crippen LogP contribution in [0.5, 0.6) is 0 Å². The number of aryl methyl sites for hydroxylation is 3. The van der Waals surface area contributed by atoms with E-state index in [1.54, 1.807) is 133 Å². The predicted molar refractivity (Wildman–Crippen MR) is 329 cm³/mol. The summed E-state index contributed by atoms with van der Waals surface area (Å²) in [7, 11) is 1.74. The zero-order valence-corrected chi connectivity index (χ0v) is 49.5. The van der Waals surface area contributed by atoms with Crippen molar-refractivity contribution < 1.29 is 52.4 Å². The second-order valence-corrected chi connectivity index (χ2v) is 22.0. The first-order chi connectivity index (χ1) is 41.6. The molecule has 16 nitrogen and oxygen atoms in total. The minimum absolute atomic E-state index is 0.0474. The molecular weight excluding hydrogens is 1090 g/mol. The summed E-state index contributed by atoms with van der Waals surface area (Å²) < 4.78 is 37.5. The minimum Gasteiger partial charge on any atom is -0.459 e. The van der Waals surface area contributed by atoms with E-state index < -0.39 is 61.2 Å². The summed E-state index contributed by atoms with van der Waals surface area (Å²) in [5.74, 6) is -3.40. The van der Waals surface area contributed by atoms with Gasteiger partial charge < -0.3 is 43.3 Å². The van der Waals surface area contributed by atoms with Gasteiger partial charge in [-0.2, -0.15) is 0 Å². The van der Waals surface area contributed by atoms with Crippen LogP contribution in [0.1, 0.15) is 144 Å².